The van der Waals surface area contributed by atoms with Gasteiger partial charge in [0.15, 0.2) is 0 Å². The summed E-state index contributed by atoms with van der Waals surface area (Å²) in [4.78, 5) is 15.4. The minimum Gasteiger partial charge on any atom is -0.353 e. The van der Waals surface area contributed by atoms with Crippen LogP contribution in [0.4, 0.5) is 0 Å². The molecular formula is C23H35N3O. The number of carbonyl (C=O) groups is 1. The van der Waals surface area contributed by atoms with E-state index in [1.54, 1.807) is 0 Å². The van der Waals surface area contributed by atoms with Crippen LogP contribution in [0.3, 0.4) is 0 Å². The van der Waals surface area contributed by atoms with E-state index >= 15 is 0 Å². The van der Waals surface area contributed by atoms with Crippen LogP contribution in [-0.4, -0.2) is 36.0 Å². The van der Waals surface area contributed by atoms with Crippen molar-refractivity contribution in [3.8, 4) is 0 Å². The highest BCUT2D eigenvalue weighted by atomic mass is 16.1. The molecule has 1 aromatic rings. The van der Waals surface area contributed by atoms with E-state index in [0.717, 1.165) is 45.3 Å². The van der Waals surface area contributed by atoms with E-state index in [1.165, 1.54) is 30.4 Å². The molecule has 2 aliphatic carbocycles. The highest BCUT2D eigenvalue weighted by Gasteiger charge is 2.40. The zero-order valence-corrected chi connectivity index (χ0v) is 16.7. The highest BCUT2D eigenvalue weighted by Crippen LogP contribution is 2.42. The molecule has 0 spiro atoms. The number of likely N-dealkylation sites (tertiary alicyclic amines) is 1. The summed E-state index contributed by atoms with van der Waals surface area (Å²) in [5, 5.41) is 3.38. The lowest BCUT2D eigenvalue weighted by Crippen LogP contribution is -2.51. The summed E-state index contributed by atoms with van der Waals surface area (Å²) in [7, 11) is 0. The first kappa shape index (κ1) is 18.9. The smallest absolute Gasteiger partial charge is 0.223 e. The number of fused-ring (bicyclic) bond motifs is 2. The number of nitrogens with zero attached hydrogens (tertiary/aromatic N) is 1. The van der Waals surface area contributed by atoms with Crippen molar-refractivity contribution in [3.05, 3.63) is 35.4 Å². The number of hydrogen-bond acceptors (Lipinski definition) is 3. The van der Waals surface area contributed by atoms with Crippen LogP contribution in [0.15, 0.2) is 24.3 Å². The second-order valence-corrected chi connectivity index (χ2v) is 9.18. The molecule has 1 aliphatic heterocycles. The number of amides is 1. The zero-order valence-electron chi connectivity index (χ0n) is 16.7. The minimum atomic E-state index is 0.199. The van der Waals surface area contributed by atoms with Gasteiger partial charge in [-0.05, 0) is 68.4 Å². The molecule has 1 aromatic carbocycles. The van der Waals surface area contributed by atoms with Crippen molar-refractivity contribution in [2.75, 3.05) is 13.1 Å². The Morgan fingerprint density at radius 2 is 1.78 bits per heavy atom. The monoisotopic (exact) mass is 369 g/mol. The summed E-state index contributed by atoms with van der Waals surface area (Å²) in [5.74, 6) is 1.65. The third-order valence-corrected chi connectivity index (χ3v) is 7.37. The Hall–Kier alpha value is -1.39. The Morgan fingerprint density at radius 3 is 2.44 bits per heavy atom. The van der Waals surface area contributed by atoms with Gasteiger partial charge in [-0.3, -0.25) is 9.69 Å². The Kier molecular flexibility index (Phi) is 5.84. The number of hydrogen-bond donors (Lipinski definition) is 2. The van der Waals surface area contributed by atoms with Crippen molar-refractivity contribution >= 4 is 5.91 Å². The average Bonchev–Trinajstić information content (AvgIpc) is 2.65. The summed E-state index contributed by atoms with van der Waals surface area (Å²) in [6.45, 7) is 5.35. The fraction of sp³-hybridized carbons (Fsp3) is 0.696. The normalized spacial score (nSPS) is 32.2. The summed E-state index contributed by atoms with van der Waals surface area (Å²) in [6.07, 6.45) is 7.90. The van der Waals surface area contributed by atoms with Crippen molar-refractivity contribution in [2.45, 2.75) is 70.5 Å². The van der Waals surface area contributed by atoms with Gasteiger partial charge in [0.1, 0.15) is 0 Å². The van der Waals surface area contributed by atoms with Gasteiger partial charge in [0.25, 0.3) is 0 Å². The van der Waals surface area contributed by atoms with Crippen molar-refractivity contribution < 1.29 is 4.79 Å². The van der Waals surface area contributed by atoms with E-state index in [2.05, 4.69) is 41.4 Å². The van der Waals surface area contributed by atoms with Crippen LogP contribution in [0.2, 0.25) is 0 Å². The Balaban J connectivity index is 1.24. The maximum absolute atomic E-state index is 12.9. The molecule has 2 unspecified atom stereocenters. The van der Waals surface area contributed by atoms with Crippen LogP contribution < -0.4 is 11.1 Å². The van der Waals surface area contributed by atoms with Gasteiger partial charge in [-0.15, -0.1) is 0 Å². The lowest BCUT2D eigenvalue weighted by molar-refractivity contribution is -0.129. The summed E-state index contributed by atoms with van der Waals surface area (Å²) in [6, 6.07) is 9.34. The molecule has 2 saturated carbocycles. The molecule has 148 valence electrons. The second-order valence-electron chi connectivity index (χ2n) is 9.18. The molecule has 4 nitrogen and oxygen atoms in total. The van der Waals surface area contributed by atoms with Crippen molar-refractivity contribution in [3.63, 3.8) is 0 Å². The van der Waals surface area contributed by atoms with Crippen LogP contribution in [0.5, 0.6) is 0 Å². The number of carbonyl (C=O) groups excluding carboxylic acids is 1. The predicted molar refractivity (Wildman–Crippen MR) is 109 cm³/mol. The van der Waals surface area contributed by atoms with Gasteiger partial charge in [-0.1, -0.05) is 30.7 Å². The third kappa shape index (κ3) is 4.38. The molecule has 3 fully saturated rings. The van der Waals surface area contributed by atoms with Crippen molar-refractivity contribution in [2.24, 2.45) is 23.5 Å². The molecule has 1 heterocycles. The van der Waals surface area contributed by atoms with E-state index in [1.807, 2.05) is 0 Å². The third-order valence-electron chi connectivity index (χ3n) is 7.37. The first-order valence-electron chi connectivity index (χ1n) is 10.9. The number of nitrogens with one attached hydrogen (secondary N) is 1. The van der Waals surface area contributed by atoms with E-state index in [0.29, 0.717) is 29.8 Å². The molecule has 0 aromatic heterocycles. The van der Waals surface area contributed by atoms with Gasteiger partial charge in [0, 0.05) is 37.6 Å². The van der Waals surface area contributed by atoms with Gasteiger partial charge in [-0.25, -0.2) is 0 Å². The zero-order chi connectivity index (χ0) is 18.8. The molecule has 1 amide bonds. The first-order valence-corrected chi connectivity index (χ1v) is 10.9. The lowest BCUT2D eigenvalue weighted by atomic mass is 9.65. The standard InChI is InChI=1S/C23H35N3O/c1-16-5-2-3-6-19(16)15-26-11-9-21(10-12-26)25-23(27)20-13-17-7-4-8-18(14-20)22(17)24/h2-3,5-6,17-18,20-22H,4,7-15,24H2,1H3,(H,25,27). The van der Waals surface area contributed by atoms with E-state index in [4.69, 9.17) is 5.73 Å². The maximum atomic E-state index is 12.9. The molecule has 2 bridgehead atoms. The Labute approximate surface area is 163 Å². The fourth-order valence-electron chi connectivity index (χ4n) is 5.59. The molecule has 27 heavy (non-hydrogen) atoms. The predicted octanol–water partition coefficient (Wildman–Crippen LogP) is 3.23. The summed E-state index contributed by atoms with van der Waals surface area (Å²) >= 11 is 0. The molecule has 4 heteroatoms. The van der Waals surface area contributed by atoms with Gasteiger partial charge < -0.3 is 11.1 Å². The van der Waals surface area contributed by atoms with Crippen LogP contribution in [0.1, 0.15) is 56.1 Å². The Morgan fingerprint density at radius 1 is 1.11 bits per heavy atom. The minimum absolute atomic E-state index is 0.199. The van der Waals surface area contributed by atoms with E-state index in [9.17, 15) is 4.79 Å². The number of benzene rings is 1. The number of nitrogens with two attached hydrogens (primary N) is 1. The van der Waals surface area contributed by atoms with Crippen molar-refractivity contribution in [1.82, 2.24) is 10.2 Å². The number of aryl methyl sites for hydroxylation is 1. The topological polar surface area (TPSA) is 58.4 Å². The fourth-order valence-corrected chi connectivity index (χ4v) is 5.59. The number of rotatable bonds is 4. The van der Waals surface area contributed by atoms with Crippen LogP contribution in [-0.2, 0) is 11.3 Å². The summed E-state index contributed by atoms with van der Waals surface area (Å²) < 4.78 is 0. The van der Waals surface area contributed by atoms with Crippen molar-refractivity contribution in [1.29, 1.82) is 0 Å². The largest absolute Gasteiger partial charge is 0.353 e. The molecular weight excluding hydrogens is 334 g/mol. The average molecular weight is 370 g/mol. The van der Waals surface area contributed by atoms with Crippen LogP contribution >= 0.6 is 0 Å². The summed E-state index contributed by atoms with van der Waals surface area (Å²) in [5.41, 5.74) is 9.17. The molecule has 0 radical (unpaired) electrons. The highest BCUT2D eigenvalue weighted by molar-refractivity contribution is 5.79. The maximum Gasteiger partial charge on any atom is 0.223 e. The molecule has 4 rings (SSSR count). The SMILES string of the molecule is Cc1ccccc1CN1CCC(NC(=O)C2CC3CCCC(C2)C3N)CC1. The quantitative estimate of drug-likeness (QED) is 0.857. The van der Waals surface area contributed by atoms with E-state index in [-0.39, 0.29) is 5.92 Å². The molecule has 3 aliphatic rings. The van der Waals surface area contributed by atoms with Gasteiger partial charge >= 0.3 is 0 Å². The molecule has 2 atom stereocenters. The van der Waals surface area contributed by atoms with E-state index < -0.39 is 0 Å². The molecule has 3 N–H and O–H groups in total. The van der Waals surface area contributed by atoms with Crippen LogP contribution in [0.25, 0.3) is 0 Å². The first-order chi connectivity index (χ1) is 13.1. The Bertz CT molecular complexity index is 639. The van der Waals surface area contributed by atoms with Gasteiger partial charge in [-0.2, -0.15) is 0 Å². The van der Waals surface area contributed by atoms with Gasteiger partial charge in [0.2, 0.25) is 5.91 Å². The van der Waals surface area contributed by atoms with Crippen LogP contribution in [0, 0.1) is 24.7 Å². The van der Waals surface area contributed by atoms with Gasteiger partial charge in [0.05, 0.1) is 0 Å². The lowest BCUT2D eigenvalue weighted by Gasteiger charge is -2.44. The number of piperidine rings is 1. The second kappa shape index (κ2) is 8.32. The molecule has 1 saturated heterocycles.